The smallest absolute Gasteiger partial charge is 0.214 e. The van der Waals surface area contributed by atoms with Crippen LogP contribution >= 0.6 is 0 Å². The van der Waals surface area contributed by atoms with E-state index in [4.69, 9.17) is 15.9 Å². The number of rotatable bonds is 9. The molecule has 4 rings (SSSR count). The van der Waals surface area contributed by atoms with E-state index >= 15 is 0 Å². The lowest BCUT2D eigenvalue weighted by molar-refractivity contribution is -0.123. The largest absolute Gasteiger partial charge is 0.481 e. The standard InChI is InChI=1S/C31H30N2O4/c1-7-23-17-22(11-15-27(23)37-26(8-2)21(5)34)18-33-20(4)29(25-14-16-28(36-6)32-31(25)33)30(35)24-12-9-19(3)10-13-24/h1,9-17,26H,8,18H2,2-6H3. The van der Waals surface area contributed by atoms with Crippen LogP contribution in [0.3, 0.4) is 0 Å². The van der Waals surface area contributed by atoms with Gasteiger partial charge in [0.25, 0.3) is 0 Å². The van der Waals surface area contributed by atoms with Crippen LogP contribution in [0.25, 0.3) is 11.0 Å². The zero-order valence-corrected chi connectivity index (χ0v) is 21.8. The van der Waals surface area contributed by atoms with Gasteiger partial charge < -0.3 is 14.0 Å². The predicted octanol–water partition coefficient (Wildman–Crippen LogP) is 5.67. The minimum absolute atomic E-state index is 0.0465. The van der Waals surface area contributed by atoms with E-state index in [1.807, 2.05) is 67.8 Å². The molecule has 0 aliphatic carbocycles. The molecule has 2 heterocycles. The Morgan fingerprint density at radius 3 is 2.43 bits per heavy atom. The summed E-state index contributed by atoms with van der Waals surface area (Å²) in [4.78, 5) is 30.1. The zero-order chi connectivity index (χ0) is 26.7. The predicted molar refractivity (Wildman–Crippen MR) is 145 cm³/mol. The van der Waals surface area contributed by atoms with Gasteiger partial charge in [-0.1, -0.05) is 48.7 Å². The number of methoxy groups -OCH3 is 1. The van der Waals surface area contributed by atoms with Crippen LogP contribution in [0, 0.1) is 26.2 Å². The third kappa shape index (κ3) is 5.12. The molecule has 0 aliphatic rings. The molecular weight excluding hydrogens is 464 g/mol. The van der Waals surface area contributed by atoms with E-state index < -0.39 is 6.10 Å². The maximum Gasteiger partial charge on any atom is 0.214 e. The van der Waals surface area contributed by atoms with Crippen molar-refractivity contribution in [1.82, 2.24) is 9.55 Å². The van der Waals surface area contributed by atoms with Gasteiger partial charge in [-0.2, -0.15) is 4.98 Å². The van der Waals surface area contributed by atoms with Crippen LogP contribution in [0.1, 0.15) is 58.6 Å². The average Bonchev–Trinajstić information content (AvgIpc) is 3.17. The summed E-state index contributed by atoms with van der Waals surface area (Å²) in [5.41, 5.74) is 5.24. The molecule has 0 saturated heterocycles. The van der Waals surface area contributed by atoms with Crippen molar-refractivity contribution >= 4 is 22.6 Å². The van der Waals surface area contributed by atoms with Crippen molar-refractivity contribution in [2.24, 2.45) is 0 Å². The highest BCUT2D eigenvalue weighted by Gasteiger charge is 2.23. The number of fused-ring (bicyclic) bond motifs is 1. The molecule has 4 aromatic rings. The Morgan fingerprint density at radius 2 is 1.81 bits per heavy atom. The molecule has 0 N–H and O–H groups in total. The summed E-state index contributed by atoms with van der Waals surface area (Å²) in [5, 5.41) is 0.758. The first-order chi connectivity index (χ1) is 17.8. The van der Waals surface area contributed by atoms with Crippen molar-refractivity contribution in [1.29, 1.82) is 0 Å². The number of carbonyl (C=O) groups is 2. The highest BCUT2D eigenvalue weighted by molar-refractivity contribution is 6.17. The second-order valence-electron chi connectivity index (χ2n) is 9.07. The Bertz CT molecular complexity index is 1520. The van der Waals surface area contributed by atoms with Gasteiger partial charge in [-0.05, 0) is 51.0 Å². The minimum atomic E-state index is -0.541. The summed E-state index contributed by atoms with van der Waals surface area (Å²) in [6.45, 7) is 7.75. The number of terminal acetylenes is 1. The maximum absolute atomic E-state index is 13.6. The van der Waals surface area contributed by atoms with Crippen LogP contribution in [0.4, 0.5) is 0 Å². The van der Waals surface area contributed by atoms with Crippen LogP contribution in [0.2, 0.25) is 0 Å². The molecule has 0 fully saturated rings. The normalized spacial score (nSPS) is 11.7. The highest BCUT2D eigenvalue weighted by atomic mass is 16.5. The topological polar surface area (TPSA) is 70.4 Å². The van der Waals surface area contributed by atoms with Gasteiger partial charge in [0.2, 0.25) is 5.88 Å². The summed E-state index contributed by atoms with van der Waals surface area (Å²) in [6.07, 6.45) is 5.80. The number of Topliss-reactive ketones (excluding diaryl/α,β-unsaturated/α-hetero) is 1. The van der Waals surface area contributed by atoms with E-state index in [1.54, 1.807) is 19.2 Å². The fourth-order valence-electron chi connectivity index (χ4n) is 4.44. The molecule has 1 atom stereocenters. The van der Waals surface area contributed by atoms with Crippen LogP contribution in [-0.4, -0.2) is 34.3 Å². The lowest BCUT2D eigenvalue weighted by Gasteiger charge is -2.17. The number of carbonyl (C=O) groups excluding carboxylic acids is 2. The number of hydrogen-bond donors (Lipinski definition) is 0. The molecule has 37 heavy (non-hydrogen) atoms. The Morgan fingerprint density at radius 1 is 1.08 bits per heavy atom. The number of hydrogen-bond acceptors (Lipinski definition) is 5. The zero-order valence-electron chi connectivity index (χ0n) is 21.8. The van der Waals surface area contributed by atoms with E-state index in [0.29, 0.717) is 46.9 Å². The maximum atomic E-state index is 13.6. The molecule has 2 aromatic heterocycles. The van der Waals surface area contributed by atoms with Crippen molar-refractivity contribution < 1.29 is 19.1 Å². The number of aryl methyl sites for hydroxylation is 1. The second kappa shape index (κ2) is 10.7. The Hall–Kier alpha value is -4.37. The van der Waals surface area contributed by atoms with Gasteiger partial charge in [0.05, 0.1) is 18.2 Å². The highest BCUT2D eigenvalue weighted by Crippen LogP contribution is 2.30. The molecule has 6 nitrogen and oxygen atoms in total. The summed E-state index contributed by atoms with van der Waals surface area (Å²) in [7, 11) is 1.56. The molecule has 188 valence electrons. The summed E-state index contributed by atoms with van der Waals surface area (Å²) < 4.78 is 13.3. The lowest BCUT2D eigenvalue weighted by Crippen LogP contribution is -2.24. The van der Waals surface area contributed by atoms with Gasteiger partial charge in [0.15, 0.2) is 17.7 Å². The average molecular weight is 495 g/mol. The van der Waals surface area contributed by atoms with Crippen LogP contribution in [0.5, 0.6) is 11.6 Å². The SMILES string of the molecule is C#Cc1cc(Cn2c(C)c(C(=O)c3ccc(C)cc3)c3ccc(OC)nc32)ccc1OC(CC)C(C)=O. The van der Waals surface area contributed by atoms with Gasteiger partial charge in [-0.3, -0.25) is 9.59 Å². The van der Waals surface area contributed by atoms with E-state index in [1.165, 1.54) is 6.92 Å². The molecule has 0 amide bonds. The molecule has 0 radical (unpaired) electrons. The van der Waals surface area contributed by atoms with Gasteiger partial charge in [0, 0.05) is 29.3 Å². The number of pyridine rings is 1. The van der Waals surface area contributed by atoms with Crippen molar-refractivity contribution in [2.75, 3.05) is 7.11 Å². The molecule has 0 spiro atoms. The van der Waals surface area contributed by atoms with Crippen molar-refractivity contribution in [3.05, 3.63) is 88.1 Å². The fourth-order valence-corrected chi connectivity index (χ4v) is 4.44. The quantitative estimate of drug-likeness (QED) is 0.222. The molecule has 1 unspecified atom stereocenters. The molecule has 0 saturated carbocycles. The number of benzene rings is 2. The Labute approximate surface area is 217 Å². The van der Waals surface area contributed by atoms with Crippen molar-refractivity contribution in [3.8, 4) is 24.0 Å². The van der Waals surface area contributed by atoms with E-state index in [9.17, 15) is 9.59 Å². The fraction of sp³-hybridized carbons (Fsp3) is 0.258. The molecule has 6 heteroatoms. The first kappa shape index (κ1) is 25.7. The summed E-state index contributed by atoms with van der Waals surface area (Å²) >= 11 is 0. The monoisotopic (exact) mass is 494 g/mol. The second-order valence-corrected chi connectivity index (χ2v) is 9.07. The third-order valence-corrected chi connectivity index (χ3v) is 6.52. The van der Waals surface area contributed by atoms with E-state index in [0.717, 1.165) is 22.2 Å². The van der Waals surface area contributed by atoms with Crippen LogP contribution in [0.15, 0.2) is 54.6 Å². The van der Waals surface area contributed by atoms with Gasteiger partial charge in [-0.15, -0.1) is 6.42 Å². The van der Waals surface area contributed by atoms with Crippen molar-refractivity contribution in [2.45, 2.75) is 46.8 Å². The molecule has 0 aliphatic heterocycles. The number of ether oxygens (including phenoxy) is 2. The summed E-state index contributed by atoms with van der Waals surface area (Å²) in [6, 6.07) is 16.8. The van der Waals surface area contributed by atoms with E-state index in [2.05, 4.69) is 10.9 Å². The first-order valence-corrected chi connectivity index (χ1v) is 12.2. The minimum Gasteiger partial charge on any atom is -0.481 e. The lowest BCUT2D eigenvalue weighted by atomic mass is 10.0. The van der Waals surface area contributed by atoms with E-state index in [-0.39, 0.29) is 11.6 Å². The Balaban J connectivity index is 1.78. The number of aromatic nitrogens is 2. The number of ketones is 2. The molecule has 0 bridgehead atoms. The first-order valence-electron chi connectivity index (χ1n) is 12.2. The van der Waals surface area contributed by atoms with Gasteiger partial charge in [0.1, 0.15) is 11.4 Å². The van der Waals surface area contributed by atoms with Crippen molar-refractivity contribution in [3.63, 3.8) is 0 Å². The third-order valence-electron chi connectivity index (χ3n) is 6.52. The van der Waals surface area contributed by atoms with Gasteiger partial charge in [-0.25, -0.2) is 0 Å². The van der Waals surface area contributed by atoms with Crippen LogP contribution < -0.4 is 9.47 Å². The molecular formula is C31H30N2O4. The number of nitrogens with zero attached hydrogens (tertiary/aromatic N) is 2. The Kier molecular flexibility index (Phi) is 7.45. The molecule has 2 aromatic carbocycles. The van der Waals surface area contributed by atoms with Crippen LogP contribution in [-0.2, 0) is 11.3 Å². The summed E-state index contributed by atoms with van der Waals surface area (Å²) in [5.74, 6) is 3.53. The van der Waals surface area contributed by atoms with Gasteiger partial charge >= 0.3 is 0 Å².